The summed E-state index contributed by atoms with van der Waals surface area (Å²) in [5.41, 5.74) is 2.28. The first-order valence-corrected chi connectivity index (χ1v) is 7.81. The van der Waals surface area contributed by atoms with Gasteiger partial charge in [-0.15, -0.1) is 0 Å². The van der Waals surface area contributed by atoms with Crippen LogP contribution in [0.1, 0.15) is 55.9 Å². The van der Waals surface area contributed by atoms with Crippen molar-refractivity contribution in [2.75, 3.05) is 19.8 Å². The van der Waals surface area contributed by atoms with E-state index in [1.807, 2.05) is 6.20 Å². The van der Waals surface area contributed by atoms with E-state index in [-0.39, 0.29) is 12.4 Å². The van der Waals surface area contributed by atoms with Crippen molar-refractivity contribution in [2.24, 2.45) is 0 Å². The molecular formula is C15H24N2O3. The second-order valence-corrected chi connectivity index (χ2v) is 5.57. The van der Waals surface area contributed by atoms with E-state index in [2.05, 4.69) is 10.2 Å². The monoisotopic (exact) mass is 280 g/mol. The van der Waals surface area contributed by atoms with Crippen LogP contribution in [0.5, 0.6) is 0 Å². The van der Waals surface area contributed by atoms with Crippen molar-refractivity contribution < 1.29 is 14.2 Å². The van der Waals surface area contributed by atoms with Gasteiger partial charge >= 0.3 is 0 Å². The number of hydrogen-bond donors (Lipinski definition) is 1. The van der Waals surface area contributed by atoms with Crippen LogP contribution in [0.3, 0.4) is 0 Å². The third-order valence-corrected chi connectivity index (χ3v) is 4.05. The molecule has 1 aromatic rings. The van der Waals surface area contributed by atoms with Crippen molar-refractivity contribution >= 4 is 0 Å². The van der Waals surface area contributed by atoms with Crippen LogP contribution in [-0.4, -0.2) is 36.3 Å². The summed E-state index contributed by atoms with van der Waals surface area (Å²) >= 11 is 0. The molecule has 0 amide bonds. The maximum absolute atomic E-state index is 5.81. The number of aromatic amines is 1. The van der Waals surface area contributed by atoms with Gasteiger partial charge in [0.1, 0.15) is 6.10 Å². The fourth-order valence-electron chi connectivity index (χ4n) is 2.90. The second kappa shape index (κ2) is 7.20. The minimum atomic E-state index is -0.00923. The molecule has 1 N–H and O–H groups in total. The lowest BCUT2D eigenvalue weighted by Gasteiger charge is -2.23. The molecule has 5 nitrogen and oxygen atoms in total. The summed E-state index contributed by atoms with van der Waals surface area (Å²) in [6.45, 7) is 2.37. The number of H-pyrrole nitrogens is 1. The third-order valence-electron chi connectivity index (χ3n) is 4.05. The highest BCUT2D eigenvalue weighted by Gasteiger charge is 2.21. The van der Waals surface area contributed by atoms with Gasteiger partial charge in [-0.1, -0.05) is 0 Å². The van der Waals surface area contributed by atoms with Crippen molar-refractivity contribution in [1.29, 1.82) is 0 Å². The molecule has 2 fully saturated rings. The topological polar surface area (TPSA) is 56.4 Å². The highest BCUT2D eigenvalue weighted by molar-refractivity contribution is 5.19. The van der Waals surface area contributed by atoms with Crippen LogP contribution in [0.2, 0.25) is 0 Å². The van der Waals surface area contributed by atoms with Gasteiger partial charge in [-0.3, -0.25) is 5.10 Å². The van der Waals surface area contributed by atoms with E-state index in [0.717, 1.165) is 44.6 Å². The van der Waals surface area contributed by atoms with Gasteiger partial charge in [0, 0.05) is 19.4 Å². The zero-order valence-electron chi connectivity index (χ0n) is 12.0. The molecule has 5 heteroatoms. The molecule has 3 rings (SSSR count). The summed E-state index contributed by atoms with van der Waals surface area (Å²) in [4.78, 5) is 0. The van der Waals surface area contributed by atoms with Gasteiger partial charge < -0.3 is 14.2 Å². The lowest BCUT2D eigenvalue weighted by atomic mass is 10.0. The van der Waals surface area contributed by atoms with Crippen molar-refractivity contribution in [2.45, 2.75) is 57.3 Å². The molecule has 2 atom stereocenters. The minimum absolute atomic E-state index is 0.00923. The minimum Gasteiger partial charge on any atom is -0.372 e. The summed E-state index contributed by atoms with van der Waals surface area (Å²) in [6.07, 6.45) is 9.84. The zero-order valence-corrected chi connectivity index (χ0v) is 12.0. The van der Waals surface area contributed by atoms with E-state index in [0.29, 0.717) is 6.61 Å². The van der Waals surface area contributed by atoms with Gasteiger partial charge in [0.25, 0.3) is 0 Å². The number of ether oxygens (including phenoxy) is 3. The molecule has 0 saturated carbocycles. The zero-order chi connectivity index (χ0) is 13.6. The first kappa shape index (κ1) is 14.0. The highest BCUT2D eigenvalue weighted by Crippen LogP contribution is 2.28. The van der Waals surface area contributed by atoms with E-state index in [1.54, 1.807) is 0 Å². The summed E-state index contributed by atoms with van der Waals surface area (Å²) in [7, 11) is 0. The Hall–Kier alpha value is -0.910. The fraction of sp³-hybridized carbons (Fsp3) is 0.800. The van der Waals surface area contributed by atoms with E-state index in [9.17, 15) is 0 Å². The van der Waals surface area contributed by atoms with Crippen LogP contribution >= 0.6 is 0 Å². The predicted octanol–water partition coefficient (Wildman–Crippen LogP) is 2.74. The largest absolute Gasteiger partial charge is 0.372 e. The Bertz CT molecular complexity index is 396. The highest BCUT2D eigenvalue weighted by atomic mass is 16.7. The Balaban J connectivity index is 1.48. The van der Waals surface area contributed by atoms with Crippen molar-refractivity contribution in [3.05, 3.63) is 17.5 Å². The van der Waals surface area contributed by atoms with Crippen LogP contribution in [0, 0.1) is 0 Å². The number of aromatic nitrogens is 2. The molecule has 1 aromatic heterocycles. The summed E-state index contributed by atoms with van der Waals surface area (Å²) in [6, 6.07) is 0. The Kier molecular flexibility index (Phi) is 5.06. The van der Waals surface area contributed by atoms with Gasteiger partial charge in [0.05, 0.1) is 12.3 Å². The number of nitrogens with zero attached hydrogens (tertiary/aromatic N) is 1. The molecule has 0 radical (unpaired) electrons. The Morgan fingerprint density at radius 3 is 2.75 bits per heavy atom. The molecule has 0 aromatic carbocycles. The van der Waals surface area contributed by atoms with Crippen LogP contribution < -0.4 is 0 Å². The number of nitrogens with one attached hydrogen (secondary N) is 1. The maximum Gasteiger partial charge on any atom is 0.157 e. The molecule has 2 saturated heterocycles. The van der Waals surface area contributed by atoms with E-state index >= 15 is 0 Å². The Labute approximate surface area is 120 Å². The van der Waals surface area contributed by atoms with Gasteiger partial charge in [0.15, 0.2) is 6.29 Å². The van der Waals surface area contributed by atoms with Gasteiger partial charge in [-0.25, -0.2) is 0 Å². The standard InChI is InChI=1S/C15H24N2O3/c1-3-8-18-13(5-1)15-12(11-16-17-15)7-10-20-14-6-2-4-9-19-14/h11,13-14H,1-10H2,(H,16,17). The molecule has 2 unspecified atom stereocenters. The van der Waals surface area contributed by atoms with Crippen LogP contribution in [0.15, 0.2) is 6.20 Å². The molecule has 2 aliphatic heterocycles. The fourth-order valence-corrected chi connectivity index (χ4v) is 2.90. The lowest BCUT2D eigenvalue weighted by Crippen LogP contribution is -2.23. The molecule has 2 aliphatic rings. The normalized spacial score (nSPS) is 27.6. The molecular weight excluding hydrogens is 256 g/mol. The summed E-state index contributed by atoms with van der Waals surface area (Å²) < 4.78 is 17.2. The second-order valence-electron chi connectivity index (χ2n) is 5.57. The van der Waals surface area contributed by atoms with Gasteiger partial charge in [0.2, 0.25) is 0 Å². The lowest BCUT2D eigenvalue weighted by molar-refractivity contribution is -0.161. The summed E-state index contributed by atoms with van der Waals surface area (Å²) in [5, 5.41) is 7.34. The summed E-state index contributed by atoms with van der Waals surface area (Å²) in [5.74, 6) is 0. The van der Waals surface area contributed by atoms with E-state index in [1.165, 1.54) is 24.8 Å². The van der Waals surface area contributed by atoms with Crippen LogP contribution in [0.4, 0.5) is 0 Å². The first-order chi connectivity index (χ1) is 9.93. The Morgan fingerprint density at radius 2 is 2.00 bits per heavy atom. The van der Waals surface area contributed by atoms with Crippen LogP contribution in [-0.2, 0) is 20.6 Å². The molecule has 112 valence electrons. The SMILES string of the molecule is c1[nH]nc(C2CCCCO2)c1CCOC1CCCCO1. The molecule has 20 heavy (non-hydrogen) atoms. The van der Waals surface area contributed by atoms with Crippen molar-refractivity contribution in [1.82, 2.24) is 10.2 Å². The molecule has 3 heterocycles. The molecule has 0 bridgehead atoms. The van der Waals surface area contributed by atoms with Crippen molar-refractivity contribution in [3.63, 3.8) is 0 Å². The number of hydrogen-bond acceptors (Lipinski definition) is 4. The smallest absolute Gasteiger partial charge is 0.157 e. The van der Waals surface area contributed by atoms with E-state index in [4.69, 9.17) is 14.2 Å². The van der Waals surface area contributed by atoms with Gasteiger partial charge in [-0.2, -0.15) is 5.10 Å². The van der Waals surface area contributed by atoms with E-state index < -0.39 is 0 Å². The molecule has 0 aliphatic carbocycles. The average molecular weight is 280 g/mol. The average Bonchev–Trinajstić information content (AvgIpc) is 2.98. The first-order valence-electron chi connectivity index (χ1n) is 7.81. The van der Waals surface area contributed by atoms with Crippen LogP contribution in [0.25, 0.3) is 0 Å². The predicted molar refractivity (Wildman–Crippen MR) is 74.4 cm³/mol. The third kappa shape index (κ3) is 3.59. The maximum atomic E-state index is 5.81. The molecule has 0 spiro atoms. The van der Waals surface area contributed by atoms with Crippen molar-refractivity contribution in [3.8, 4) is 0 Å². The number of rotatable bonds is 5. The quantitative estimate of drug-likeness (QED) is 0.901. The van der Waals surface area contributed by atoms with Gasteiger partial charge in [-0.05, 0) is 50.5 Å². The Morgan fingerprint density at radius 1 is 1.15 bits per heavy atom.